The van der Waals surface area contributed by atoms with Crippen molar-refractivity contribution in [1.82, 2.24) is 25.5 Å². The van der Waals surface area contributed by atoms with Crippen LogP contribution >= 0.6 is 23.1 Å². The minimum Gasteiger partial charge on any atom is -0.342 e. The lowest BCUT2D eigenvalue weighted by atomic mass is 10.0. The molecule has 13 heteroatoms. The van der Waals surface area contributed by atoms with Crippen molar-refractivity contribution in [3.8, 4) is 0 Å². The van der Waals surface area contributed by atoms with Crippen molar-refractivity contribution in [2.45, 2.75) is 25.0 Å². The number of hydrogen-bond donors (Lipinski definition) is 3. The van der Waals surface area contributed by atoms with E-state index in [1.807, 2.05) is 13.8 Å². The number of carbonyl (C=O) groups is 2. The van der Waals surface area contributed by atoms with Crippen LogP contribution in [0.25, 0.3) is 0 Å². The average molecular weight is 462 g/mol. The summed E-state index contributed by atoms with van der Waals surface area (Å²) in [5.74, 6) is -0.205. The normalized spacial score (nSPS) is 11.8. The molecule has 0 unspecified atom stereocenters. The standard InChI is InChI=1S/C18H19N7O4S2/c1-10(2)14(21-16(27)11-4-3-5-12(8-11)25(28)29)15-22-18(24-23-15)31-9-13(26)20-17-19-6-7-30-17/h3-8,10,14H,9H2,1-2H3,(H,21,27)(H,19,20,26)(H,22,23,24)/t14-/m1/s1. The first kappa shape index (κ1) is 22.4. The van der Waals surface area contributed by atoms with Gasteiger partial charge in [-0.2, -0.15) is 0 Å². The smallest absolute Gasteiger partial charge is 0.270 e. The number of nitro benzene ring substituents is 1. The van der Waals surface area contributed by atoms with Crippen molar-refractivity contribution < 1.29 is 14.5 Å². The van der Waals surface area contributed by atoms with E-state index in [2.05, 4.69) is 30.8 Å². The fraction of sp³-hybridized carbons (Fsp3) is 0.278. The molecule has 1 aromatic carbocycles. The van der Waals surface area contributed by atoms with E-state index in [0.717, 1.165) is 11.8 Å². The van der Waals surface area contributed by atoms with Crippen molar-refractivity contribution in [1.29, 1.82) is 0 Å². The molecule has 3 N–H and O–H groups in total. The molecule has 0 saturated carbocycles. The van der Waals surface area contributed by atoms with Gasteiger partial charge >= 0.3 is 0 Å². The van der Waals surface area contributed by atoms with Crippen molar-refractivity contribution in [2.75, 3.05) is 11.1 Å². The van der Waals surface area contributed by atoms with Gasteiger partial charge in [-0.3, -0.25) is 24.8 Å². The fourth-order valence-corrected chi connectivity index (χ4v) is 3.72. The highest BCUT2D eigenvalue weighted by molar-refractivity contribution is 7.99. The molecule has 0 saturated heterocycles. The molecule has 0 aliphatic heterocycles. The number of anilines is 1. The average Bonchev–Trinajstić information content (AvgIpc) is 3.42. The second-order valence-electron chi connectivity index (χ2n) is 6.68. The summed E-state index contributed by atoms with van der Waals surface area (Å²) in [4.78, 5) is 43.3. The molecule has 0 radical (unpaired) electrons. The highest BCUT2D eigenvalue weighted by Gasteiger charge is 2.24. The van der Waals surface area contributed by atoms with Gasteiger partial charge in [-0.15, -0.1) is 16.4 Å². The van der Waals surface area contributed by atoms with E-state index in [1.54, 1.807) is 11.6 Å². The first-order valence-corrected chi connectivity index (χ1v) is 11.0. The zero-order valence-corrected chi connectivity index (χ0v) is 18.2. The highest BCUT2D eigenvalue weighted by atomic mass is 32.2. The van der Waals surface area contributed by atoms with Crippen LogP contribution in [0.3, 0.4) is 0 Å². The number of hydrogen-bond acceptors (Lipinski definition) is 9. The molecular weight excluding hydrogens is 442 g/mol. The Hall–Kier alpha value is -3.32. The van der Waals surface area contributed by atoms with Crippen LogP contribution < -0.4 is 10.6 Å². The van der Waals surface area contributed by atoms with Crippen LogP contribution in [0.4, 0.5) is 10.8 Å². The Bertz CT molecular complexity index is 1070. The second kappa shape index (κ2) is 10.1. The van der Waals surface area contributed by atoms with E-state index in [4.69, 9.17) is 0 Å². The summed E-state index contributed by atoms with van der Waals surface area (Å²) < 4.78 is 0. The number of non-ortho nitro benzene ring substituents is 1. The molecule has 0 fully saturated rings. The van der Waals surface area contributed by atoms with Gasteiger partial charge in [0.2, 0.25) is 11.1 Å². The van der Waals surface area contributed by atoms with Crippen molar-refractivity contribution in [3.63, 3.8) is 0 Å². The molecule has 0 spiro atoms. The van der Waals surface area contributed by atoms with Gasteiger partial charge in [-0.05, 0) is 12.0 Å². The number of H-pyrrole nitrogens is 1. The van der Waals surface area contributed by atoms with E-state index in [1.165, 1.54) is 35.6 Å². The Kier molecular flexibility index (Phi) is 7.31. The van der Waals surface area contributed by atoms with Crippen LogP contribution in [-0.4, -0.2) is 42.7 Å². The lowest BCUT2D eigenvalue weighted by Crippen LogP contribution is -2.32. The van der Waals surface area contributed by atoms with Crippen LogP contribution in [0.5, 0.6) is 0 Å². The summed E-state index contributed by atoms with van der Waals surface area (Å²) in [5.41, 5.74) is 0.0101. The molecule has 2 amide bonds. The predicted octanol–water partition coefficient (Wildman–Crippen LogP) is 3.03. The maximum Gasteiger partial charge on any atom is 0.270 e. The molecule has 31 heavy (non-hydrogen) atoms. The quantitative estimate of drug-likeness (QED) is 0.249. The Morgan fingerprint density at radius 2 is 2.16 bits per heavy atom. The summed E-state index contributed by atoms with van der Waals surface area (Å²) in [6, 6.07) is 4.99. The minimum absolute atomic E-state index is 0.0401. The van der Waals surface area contributed by atoms with Gasteiger partial charge in [-0.25, -0.2) is 9.97 Å². The van der Waals surface area contributed by atoms with Crippen molar-refractivity contribution in [2.24, 2.45) is 5.92 Å². The van der Waals surface area contributed by atoms with Gasteiger partial charge in [0.15, 0.2) is 5.13 Å². The number of aromatic nitrogens is 4. The fourth-order valence-electron chi connectivity index (χ4n) is 2.57. The minimum atomic E-state index is -0.554. The molecule has 0 aliphatic rings. The number of nitrogens with one attached hydrogen (secondary N) is 3. The van der Waals surface area contributed by atoms with Crippen molar-refractivity contribution in [3.05, 3.63) is 57.3 Å². The third-order valence-electron chi connectivity index (χ3n) is 4.06. The van der Waals surface area contributed by atoms with Crippen LogP contribution in [0.1, 0.15) is 36.1 Å². The van der Waals surface area contributed by atoms with Crippen LogP contribution in [-0.2, 0) is 4.79 Å². The van der Waals surface area contributed by atoms with Crippen LogP contribution in [0.2, 0.25) is 0 Å². The Morgan fingerprint density at radius 1 is 1.35 bits per heavy atom. The second-order valence-corrected chi connectivity index (χ2v) is 8.52. The molecule has 1 atom stereocenters. The van der Waals surface area contributed by atoms with Gasteiger partial charge in [0.1, 0.15) is 5.82 Å². The molecule has 0 bridgehead atoms. The van der Waals surface area contributed by atoms with Gasteiger partial charge in [0.25, 0.3) is 11.6 Å². The number of nitrogens with zero attached hydrogens (tertiary/aromatic N) is 4. The van der Waals surface area contributed by atoms with E-state index in [0.29, 0.717) is 16.1 Å². The molecule has 162 valence electrons. The SMILES string of the molecule is CC(C)[C@@H](NC(=O)c1cccc([N+](=O)[O-])c1)c1nc(SCC(=O)Nc2nccs2)n[nH]1. The van der Waals surface area contributed by atoms with E-state index in [-0.39, 0.29) is 28.8 Å². The zero-order chi connectivity index (χ0) is 22.4. The zero-order valence-electron chi connectivity index (χ0n) is 16.6. The maximum atomic E-state index is 12.6. The summed E-state index contributed by atoms with van der Waals surface area (Å²) in [7, 11) is 0. The summed E-state index contributed by atoms with van der Waals surface area (Å²) >= 11 is 2.47. The Morgan fingerprint density at radius 3 is 2.84 bits per heavy atom. The number of carbonyl (C=O) groups excluding carboxylic acids is 2. The number of rotatable bonds is 9. The van der Waals surface area contributed by atoms with Crippen LogP contribution in [0, 0.1) is 16.0 Å². The number of benzene rings is 1. The number of aromatic amines is 1. The third-order valence-corrected chi connectivity index (χ3v) is 5.60. The predicted molar refractivity (Wildman–Crippen MR) is 116 cm³/mol. The number of thiazole rings is 1. The number of amides is 2. The van der Waals surface area contributed by atoms with Gasteiger partial charge in [0.05, 0.1) is 16.7 Å². The number of thioether (sulfide) groups is 1. The summed E-state index contributed by atoms with van der Waals surface area (Å²) in [5, 5.41) is 26.0. The summed E-state index contributed by atoms with van der Waals surface area (Å²) in [6.07, 6.45) is 1.60. The largest absolute Gasteiger partial charge is 0.342 e. The third kappa shape index (κ3) is 6.08. The molecular formula is C18H19N7O4S2. The van der Waals surface area contributed by atoms with Crippen molar-refractivity contribution >= 4 is 45.7 Å². The Balaban J connectivity index is 1.63. The van der Waals surface area contributed by atoms with E-state index in [9.17, 15) is 19.7 Å². The molecule has 3 rings (SSSR count). The van der Waals surface area contributed by atoms with Gasteiger partial charge < -0.3 is 10.6 Å². The summed E-state index contributed by atoms with van der Waals surface area (Å²) in [6.45, 7) is 3.80. The maximum absolute atomic E-state index is 12.6. The lowest BCUT2D eigenvalue weighted by molar-refractivity contribution is -0.384. The monoisotopic (exact) mass is 461 g/mol. The first-order valence-electron chi connectivity index (χ1n) is 9.13. The molecule has 3 aromatic rings. The first-order chi connectivity index (χ1) is 14.8. The molecule has 0 aliphatic carbocycles. The molecule has 11 nitrogen and oxygen atoms in total. The highest BCUT2D eigenvalue weighted by Crippen LogP contribution is 2.23. The molecule has 2 heterocycles. The van der Waals surface area contributed by atoms with Gasteiger partial charge in [0, 0.05) is 29.3 Å². The topological polar surface area (TPSA) is 156 Å². The Labute approximate surface area is 185 Å². The van der Waals surface area contributed by atoms with E-state index >= 15 is 0 Å². The lowest BCUT2D eigenvalue weighted by Gasteiger charge is -2.19. The van der Waals surface area contributed by atoms with E-state index < -0.39 is 16.9 Å². The van der Waals surface area contributed by atoms with Gasteiger partial charge in [-0.1, -0.05) is 31.7 Å². The molecule has 2 aromatic heterocycles. The van der Waals surface area contributed by atoms with Crippen LogP contribution in [0.15, 0.2) is 41.0 Å². The number of nitro groups is 1.